The van der Waals surface area contributed by atoms with Gasteiger partial charge in [-0.3, -0.25) is 14.3 Å². The van der Waals surface area contributed by atoms with Crippen molar-refractivity contribution >= 4 is 35.5 Å². The van der Waals surface area contributed by atoms with Crippen molar-refractivity contribution in [3.05, 3.63) is 71.1 Å². The lowest BCUT2D eigenvalue weighted by atomic mass is 9.96. The molecule has 1 aromatic carbocycles. The van der Waals surface area contributed by atoms with Gasteiger partial charge >= 0.3 is 0 Å². The average molecular weight is 469 g/mol. The highest BCUT2D eigenvalue weighted by Gasteiger charge is 2.26. The monoisotopic (exact) mass is 468 g/mol. The van der Waals surface area contributed by atoms with E-state index in [0.717, 1.165) is 37.3 Å². The summed E-state index contributed by atoms with van der Waals surface area (Å²) in [6.45, 7) is 6.60. The van der Waals surface area contributed by atoms with E-state index in [2.05, 4.69) is 21.8 Å². The molecule has 4 rings (SSSR count). The molecule has 1 saturated heterocycles. The predicted octanol–water partition coefficient (Wildman–Crippen LogP) is 4.62. The molecule has 9 heteroatoms. The minimum Gasteiger partial charge on any atom is -0.310 e. The zero-order chi connectivity index (χ0) is 22.5. The molecule has 7 nitrogen and oxygen atoms in total. The molecule has 1 aliphatic rings. The smallest absolute Gasteiger partial charge is 0.228 e. The number of carbonyl (C=O) groups is 1. The quantitative estimate of drug-likeness (QED) is 0.404. The van der Waals surface area contributed by atoms with Gasteiger partial charge in [-0.25, -0.2) is 9.67 Å². The summed E-state index contributed by atoms with van der Waals surface area (Å²) in [5, 5.41) is 8.37. The number of amides is 1. The number of carbonyl (C=O) groups excluding carboxylic acids is 1. The number of aromatic nitrogens is 4. The highest BCUT2D eigenvalue weighted by molar-refractivity contribution is 7.71. The SMILES string of the molecule is C=CCn1c(-c2ccc(Cl)cc2)nn(CN2CCC(C(=O)Nc3ccccn3)CC2)c1=S. The van der Waals surface area contributed by atoms with E-state index >= 15 is 0 Å². The first-order valence-electron chi connectivity index (χ1n) is 10.5. The van der Waals surface area contributed by atoms with Gasteiger partial charge in [0.25, 0.3) is 0 Å². The number of nitrogens with one attached hydrogen (secondary N) is 1. The van der Waals surface area contributed by atoms with Crippen LogP contribution in [-0.2, 0) is 18.0 Å². The second-order valence-corrected chi connectivity index (χ2v) is 8.55. The zero-order valence-electron chi connectivity index (χ0n) is 17.7. The fourth-order valence-corrected chi connectivity index (χ4v) is 4.22. The van der Waals surface area contributed by atoms with Crippen LogP contribution in [0.15, 0.2) is 61.3 Å². The minimum atomic E-state index is -0.0239. The number of rotatable bonds is 7. The van der Waals surface area contributed by atoms with Gasteiger partial charge in [0, 0.05) is 42.3 Å². The number of likely N-dealkylation sites (tertiary alicyclic amines) is 1. The number of pyridine rings is 1. The summed E-state index contributed by atoms with van der Waals surface area (Å²) in [4.78, 5) is 19.0. The molecule has 0 aliphatic carbocycles. The van der Waals surface area contributed by atoms with Crippen LogP contribution >= 0.6 is 23.8 Å². The molecule has 3 heterocycles. The van der Waals surface area contributed by atoms with Crippen molar-refractivity contribution in [1.82, 2.24) is 24.2 Å². The van der Waals surface area contributed by atoms with E-state index in [1.54, 1.807) is 12.3 Å². The van der Waals surface area contributed by atoms with E-state index < -0.39 is 0 Å². The van der Waals surface area contributed by atoms with Gasteiger partial charge in [0.1, 0.15) is 5.82 Å². The lowest BCUT2D eigenvalue weighted by Gasteiger charge is -2.30. The second kappa shape index (κ2) is 10.2. The molecule has 0 bridgehead atoms. The Labute approximate surface area is 197 Å². The van der Waals surface area contributed by atoms with Gasteiger partial charge in [-0.05, 0) is 61.5 Å². The van der Waals surface area contributed by atoms with E-state index in [4.69, 9.17) is 28.9 Å². The Morgan fingerprint density at radius 1 is 1.22 bits per heavy atom. The van der Waals surface area contributed by atoms with Crippen molar-refractivity contribution in [2.24, 2.45) is 5.92 Å². The summed E-state index contributed by atoms with van der Waals surface area (Å²) < 4.78 is 4.46. The molecule has 1 N–H and O–H groups in total. The second-order valence-electron chi connectivity index (χ2n) is 7.75. The van der Waals surface area contributed by atoms with Crippen molar-refractivity contribution in [3.63, 3.8) is 0 Å². The van der Waals surface area contributed by atoms with Gasteiger partial charge in [0.2, 0.25) is 5.91 Å². The number of piperidine rings is 1. The number of hydrogen-bond donors (Lipinski definition) is 1. The van der Waals surface area contributed by atoms with Crippen molar-refractivity contribution in [2.75, 3.05) is 18.4 Å². The van der Waals surface area contributed by atoms with Crippen LogP contribution in [0.3, 0.4) is 0 Å². The zero-order valence-corrected chi connectivity index (χ0v) is 19.2. The van der Waals surface area contributed by atoms with Crippen molar-refractivity contribution < 1.29 is 4.79 Å². The van der Waals surface area contributed by atoms with Crippen LogP contribution in [0.2, 0.25) is 5.02 Å². The Balaban J connectivity index is 1.42. The maximum Gasteiger partial charge on any atom is 0.228 e. The summed E-state index contributed by atoms with van der Waals surface area (Å²) in [5.74, 6) is 1.38. The minimum absolute atomic E-state index is 0.0239. The number of halogens is 1. The van der Waals surface area contributed by atoms with E-state index in [1.165, 1.54) is 0 Å². The number of benzene rings is 1. The Morgan fingerprint density at radius 3 is 2.62 bits per heavy atom. The molecule has 1 fully saturated rings. The van der Waals surface area contributed by atoms with E-state index in [-0.39, 0.29) is 11.8 Å². The molecule has 3 aromatic rings. The van der Waals surface area contributed by atoms with Crippen LogP contribution in [0, 0.1) is 10.7 Å². The molecular formula is C23H25ClN6OS. The first-order valence-corrected chi connectivity index (χ1v) is 11.3. The molecule has 1 aliphatic heterocycles. The molecular weight excluding hydrogens is 444 g/mol. The summed E-state index contributed by atoms with van der Waals surface area (Å²) in [6, 6.07) is 13.1. The Kier molecular flexibility index (Phi) is 7.14. The Morgan fingerprint density at radius 2 is 1.97 bits per heavy atom. The largest absolute Gasteiger partial charge is 0.310 e. The molecule has 32 heavy (non-hydrogen) atoms. The van der Waals surface area contributed by atoms with Crippen LogP contribution in [0.1, 0.15) is 12.8 Å². The molecule has 0 spiro atoms. The van der Waals surface area contributed by atoms with Crippen LogP contribution in [0.25, 0.3) is 11.4 Å². The molecule has 0 atom stereocenters. The molecule has 2 aromatic heterocycles. The van der Waals surface area contributed by atoms with Gasteiger partial charge < -0.3 is 5.32 Å². The third kappa shape index (κ3) is 5.15. The number of nitrogens with zero attached hydrogens (tertiary/aromatic N) is 5. The molecule has 0 radical (unpaired) electrons. The standard InChI is InChI=1S/C23H25ClN6OS/c1-2-13-29-21(17-6-8-19(24)9-7-17)27-30(23(29)32)16-28-14-10-18(11-15-28)22(31)26-20-5-3-4-12-25-20/h2-9,12,18H,1,10-11,13-16H2,(H,25,26,31). The summed E-state index contributed by atoms with van der Waals surface area (Å²) in [7, 11) is 0. The van der Waals surface area contributed by atoms with Crippen molar-refractivity contribution in [1.29, 1.82) is 0 Å². The van der Waals surface area contributed by atoms with Crippen LogP contribution in [0.5, 0.6) is 0 Å². The van der Waals surface area contributed by atoms with Crippen molar-refractivity contribution in [2.45, 2.75) is 26.1 Å². The maximum atomic E-state index is 12.6. The van der Waals surface area contributed by atoms with Gasteiger partial charge in [-0.1, -0.05) is 23.7 Å². The highest BCUT2D eigenvalue weighted by atomic mass is 35.5. The van der Waals surface area contributed by atoms with Gasteiger partial charge in [0.15, 0.2) is 10.6 Å². The first-order chi connectivity index (χ1) is 15.5. The topological polar surface area (TPSA) is 68.0 Å². The summed E-state index contributed by atoms with van der Waals surface area (Å²) >= 11 is 11.7. The Bertz CT molecular complexity index is 1130. The predicted molar refractivity (Wildman–Crippen MR) is 129 cm³/mol. The fourth-order valence-electron chi connectivity index (χ4n) is 3.83. The normalized spacial score (nSPS) is 14.9. The Hall–Kier alpha value is -2.81. The number of hydrogen-bond acceptors (Lipinski definition) is 5. The van der Waals surface area contributed by atoms with Crippen LogP contribution < -0.4 is 5.32 Å². The molecule has 0 saturated carbocycles. The van der Waals surface area contributed by atoms with Gasteiger partial charge in [-0.2, -0.15) is 5.10 Å². The molecule has 166 valence electrons. The van der Waals surface area contributed by atoms with E-state index in [0.29, 0.717) is 28.8 Å². The van der Waals surface area contributed by atoms with Crippen molar-refractivity contribution in [3.8, 4) is 11.4 Å². The number of anilines is 1. The third-order valence-corrected chi connectivity index (χ3v) is 6.23. The highest BCUT2D eigenvalue weighted by Crippen LogP contribution is 2.23. The number of allylic oxidation sites excluding steroid dienone is 1. The van der Waals surface area contributed by atoms with Gasteiger partial charge in [-0.15, -0.1) is 6.58 Å². The van der Waals surface area contributed by atoms with E-state index in [1.807, 2.05) is 51.7 Å². The summed E-state index contributed by atoms with van der Waals surface area (Å²) in [5.41, 5.74) is 0.950. The van der Waals surface area contributed by atoms with Crippen LogP contribution in [-0.4, -0.2) is 43.2 Å². The lowest BCUT2D eigenvalue weighted by Crippen LogP contribution is -2.39. The molecule has 0 unspecified atom stereocenters. The lowest BCUT2D eigenvalue weighted by molar-refractivity contribution is -0.121. The molecule has 1 amide bonds. The first kappa shape index (κ1) is 22.4. The summed E-state index contributed by atoms with van der Waals surface area (Å²) in [6.07, 6.45) is 5.05. The average Bonchev–Trinajstić information content (AvgIpc) is 3.11. The maximum absolute atomic E-state index is 12.6. The fraction of sp³-hybridized carbons (Fsp3) is 0.304. The van der Waals surface area contributed by atoms with Gasteiger partial charge in [0.05, 0.1) is 6.67 Å². The van der Waals surface area contributed by atoms with E-state index in [9.17, 15) is 4.79 Å². The third-order valence-electron chi connectivity index (χ3n) is 5.55. The van der Waals surface area contributed by atoms with Crippen LogP contribution in [0.4, 0.5) is 5.82 Å².